The van der Waals surface area contributed by atoms with Gasteiger partial charge < -0.3 is 10.4 Å². The summed E-state index contributed by atoms with van der Waals surface area (Å²) in [5.74, 6) is -2.13. The number of fused-ring (bicyclic) bond motifs is 1. The molecular formula is C15H17N3O3. The first kappa shape index (κ1) is 13.6. The zero-order valence-corrected chi connectivity index (χ0v) is 11.5. The van der Waals surface area contributed by atoms with Gasteiger partial charge in [0.25, 0.3) is 0 Å². The smallest absolute Gasteiger partial charge is 0.307 e. The average Bonchev–Trinajstić information content (AvgIpc) is 2.96. The first-order valence-corrected chi connectivity index (χ1v) is 7.12. The van der Waals surface area contributed by atoms with Gasteiger partial charge in [-0.05, 0) is 25.0 Å². The number of nitrogens with one attached hydrogen (secondary N) is 2. The van der Waals surface area contributed by atoms with Gasteiger partial charge in [0, 0.05) is 5.39 Å². The molecule has 1 aliphatic rings. The highest BCUT2D eigenvalue weighted by Gasteiger charge is 2.35. The third-order valence-corrected chi connectivity index (χ3v) is 4.16. The molecule has 21 heavy (non-hydrogen) atoms. The van der Waals surface area contributed by atoms with Crippen LogP contribution in [0.1, 0.15) is 25.7 Å². The predicted octanol–water partition coefficient (Wildman–Crippen LogP) is 2.39. The van der Waals surface area contributed by atoms with Crippen molar-refractivity contribution in [1.29, 1.82) is 0 Å². The highest BCUT2D eigenvalue weighted by atomic mass is 16.4. The van der Waals surface area contributed by atoms with Gasteiger partial charge in [0.15, 0.2) is 0 Å². The van der Waals surface area contributed by atoms with Gasteiger partial charge in [-0.1, -0.05) is 18.9 Å². The number of carboxylic acid groups (broad SMARTS) is 1. The minimum absolute atomic E-state index is 0.212. The summed E-state index contributed by atoms with van der Waals surface area (Å²) in [6, 6.07) is 5.50. The van der Waals surface area contributed by atoms with E-state index in [0.717, 1.165) is 23.7 Å². The van der Waals surface area contributed by atoms with Gasteiger partial charge in [0.2, 0.25) is 5.91 Å². The van der Waals surface area contributed by atoms with E-state index in [0.29, 0.717) is 18.5 Å². The predicted molar refractivity (Wildman–Crippen MR) is 77.8 cm³/mol. The fourth-order valence-electron chi connectivity index (χ4n) is 3.04. The molecule has 0 radical (unpaired) electrons. The number of carbonyl (C=O) groups excluding carboxylic acids is 1. The Kier molecular flexibility index (Phi) is 3.60. The van der Waals surface area contributed by atoms with Crippen LogP contribution in [-0.4, -0.2) is 27.2 Å². The van der Waals surface area contributed by atoms with Crippen LogP contribution >= 0.6 is 0 Å². The molecule has 1 aliphatic carbocycles. The normalized spacial score (nSPS) is 22.1. The van der Waals surface area contributed by atoms with Gasteiger partial charge in [-0.3, -0.25) is 14.7 Å². The molecule has 1 heterocycles. The van der Waals surface area contributed by atoms with E-state index < -0.39 is 17.8 Å². The van der Waals surface area contributed by atoms with Crippen molar-refractivity contribution in [1.82, 2.24) is 10.2 Å². The lowest BCUT2D eigenvalue weighted by Crippen LogP contribution is -2.36. The monoisotopic (exact) mass is 287 g/mol. The lowest BCUT2D eigenvalue weighted by Gasteiger charge is -2.27. The van der Waals surface area contributed by atoms with Gasteiger partial charge in [0.1, 0.15) is 0 Å². The number of anilines is 1. The fourth-order valence-corrected chi connectivity index (χ4v) is 3.04. The summed E-state index contributed by atoms with van der Waals surface area (Å²) in [5.41, 5.74) is 1.51. The quantitative estimate of drug-likeness (QED) is 0.807. The molecule has 1 saturated carbocycles. The average molecular weight is 287 g/mol. The van der Waals surface area contributed by atoms with E-state index in [1.807, 2.05) is 12.1 Å². The molecule has 1 aromatic carbocycles. The van der Waals surface area contributed by atoms with Crippen LogP contribution in [0.2, 0.25) is 0 Å². The molecule has 1 fully saturated rings. The number of carbonyl (C=O) groups is 2. The first-order valence-electron chi connectivity index (χ1n) is 7.12. The summed E-state index contributed by atoms with van der Waals surface area (Å²) >= 11 is 0. The lowest BCUT2D eigenvalue weighted by molar-refractivity contribution is -0.147. The van der Waals surface area contributed by atoms with Crippen LogP contribution in [0.5, 0.6) is 0 Å². The molecule has 0 aliphatic heterocycles. The Morgan fingerprint density at radius 3 is 2.76 bits per heavy atom. The summed E-state index contributed by atoms with van der Waals surface area (Å²) < 4.78 is 0. The van der Waals surface area contributed by atoms with Crippen LogP contribution in [0.3, 0.4) is 0 Å². The fraction of sp³-hybridized carbons (Fsp3) is 0.400. The van der Waals surface area contributed by atoms with Crippen molar-refractivity contribution in [2.75, 3.05) is 5.32 Å². The number of carboxylic acids is 1. The van der Waals surface area contributed by atoms with E-state index in [1.165, 1.54) is 0 Å². The number of aliphatic carboxylic acids is 1. The minimum Gasteiger partial charge on any atom is -0.481 e. The van der Waals surface area contributed by atoms with E-state index in [-0.39, 0.29) is 5.91 Å². The molecular weight excluding hydrogens is 270 g/mol. The Bertz CT molecular complexity index is 680. The number of aromatic amines is 1. The number of aromatic nitrogens is 2. The molecule has 6 nitrogen and oxygen atoms in total. The number of hydrogen-bond donors (Lipinski definition) is 3. The molecule has 6 heteroatoms. The second-order valence-electron chi connectivity index (χ2n) is 5.46. The van der Waals surface area contributed by atoms with Gasteiger partial charge in [-0.15, -0.1) is 0 Å². The van der Waals surface area contributed by atoms with Crippen molar-refractivity contribution in [3.8, 4) is 0 Å². The van der Waals surface area contributed by atoms with Crippen molar-refractivity contribution >= 4 is 28.5 Å². The number of hydrogen-bond acceptors (Lipinski definition) is 3. The summed E-state index contributed by atoms with van der Waals surface area (Å²) in [4.78, 5) is 23.7. The number of H-pyrrole nitrogens is 1. The number of benzene rings is 1. The number of amides is 1. The topological polar surface area (TPSA) is 95.1 Å². The zero-order chi connectivity index (χ0) is 14.8. The summed E-state index contributed by atoms with van der Waals surface area (Å²) in [6.45, 7) is 0. The van der Waals surface area contributed by atoms with Gasteiger partial charge in [0.05, 0.1) is 29.2 Å². The summed E-state index contributed by atoms with van der Waals surface area (Å²) in [7, 11) is 0. The van der Waals surface area contributed by atoms with E-state index in [4.69, 9.17) is 0 Å². The van der Waals surface area contributed by atoms with Gasteiger partial charge >= 0.3 is 5.97 Å². The third-order valence-electron chi connectivity index (χ3n) is 4.16. The molecule has 3 N–H and O–H groups in total. The Labute approximate surface area is 121 Å². The SMILES string of the molecule is O=C(O)C1CCCCC1C(=O)Nc1cccc2[nH]ncc12. The van der Waals surface area contributed by atoms with E-state index >= 15 is 0 Å². The minimum atomic E-state index is -0.878. The molecule has 2 aromatic rings. The van der Waals surface area contributed by atoms with Gasteiger partial charge in [-0.25, -0.2) is 0 Å². The molecule has 3 rings (SSSR count). The van der Waals surface area contributed by atoms with Crippen molar-refractivity contribution in [2.45, 2.75) is 25.7 Å². The molecule has 0 bridgehead atoms. The van der Waals surface area contributed by atoms with Crippen LogP contribution in [0, 0.1) is 11.8 Å². The second kappa shape index (κ2) is 5.55. The maximum atomic E-state index is 12.4. The van der Waals surface area contributed by atoms with Crippen molar-refractivity contribution < 1.29 is 14.7 Å². The third kappa shape index (κ3) is 2.61. The van der Waals surface area contributed by atoms with Crippen LogP contribution in [0.15, 0.2) is 24.4 Å². The Balaban J connectivity index is 1.82. The van der Waals surface area contributed by atoms with Crippen molar-refractivity contribution in [3.05, 3.63) is 24.4 Å². The highest BCUT2D eigenvalue weighted by molar-refractivity contribution is 6.02. The Hall–Kier alpha value is -2.37. The Morgan fingerprint density at radius 2 is 2.00 bits per heavy atom. The molecule has 2 unspecified atom stereocenters. The molecule has 1 aromatic heterocycles. The molecule has 0 spiro atoms. The van der Waals surface area contributed by atoms with Gasteiger partial charge in [-0.2, -0.15) is 5.10 Å². The van der Waals surface area contributed by atoms with Crippen molar-refractivity contribution in [3.63, 3.8) is 0 Å². The molecule has 2 atom stereocenters. The number of rotatable bonds is 3. The molecule has 110 valence electrons. The van der Waals surface area contributed by atoms with Crippen molar-refractivity contribution in [2.24, 2.45) is 11.8 Å². The lowest BCUT2D eigenvalue weighted by atomic mass is 9.78. The summed E-state index contributed by atoms with van der Waals surface area (Å²) in [6.07, 6.45) is 4.63. The van der Waals surface area contributed by atoms with Crippen LogP contribution < -0.4 is 5.32 Å². The Morgan fingerprint density at radius 1 is 1.24 bits per heavy atom. The van der Waals surface area contributed by atoms with E-state index in [2.05, 4.69) is 15.5 Å². The molecule has 1 amide bonds. The first-order chi connectivity index (χ1) is 10.2. The standard InChI is InChI=1S/C15H17N3O3/c19-14(9-4-1-2-5-10(9)15(20)21)17-12-6-3-7-13-11(12)8-16-18-13/h3,6-10H,1-2,4-5H2,(H,16,18)(H,17,19)(H,20,21). The van der Waals surface area contributed by atoms with Crippen LogP contribution in [0.25, 0.3) is 10.9 Å². The maximum absolute atomic E-state index is 12.4. The zero-order valence-electron chi connectivity index (χ0n) is 11.5. The second-order valence-corrected chi connectivity index (χ2v) is 5.46. The van der Waals surface area contributed by atoms with Crippen LogP contribution in [-0.2, 0) is 9.59 Å². The maximum Gasteiger partial charge on any atom is 0.307 e. The van der Waals surface area contributed by atoms with Crippen LogP contribution in [0.4, 0.5) is 5.69 Å². The largest absolute Gasteiger partial charge is 0.481 e. The van der Waals surface area contributed by atoms with E-state index in [1.54, 1.807) is 12.3 Å². The highest BCUT2D eigenvalue weighted by Crippen LogP contribution is 2.32. The molecule has 0 saturated heterocycles. The number of nitrogens with zero attached hydrogens (tertiary/aromatic N) is 1. The summed E-state index contributed by atoms with van der Waals surface area (Å²) in [5, 5.41) is 19.8. The van der Waals surface area contributed by atoms with E-state index in [9.17, 15) is 14.7 Å².